The van der Waals surface area contributed by atoms with Crippen LogP contribution in [0.25, 0.3) is 11.3 Å². The van der Waals surface area contributed by atoms with Gasteiger partial charge in [-0.25, -0.2) is 0 Å². The molecule has 0 radical (unpaired) electrons. The number of halogens is 1. The predicted molar refractivity (Wildman–Crippen MR) is 65.6 cm³/mol. The Hall–Kier alpha value is -1.74. The van der Waals surface area contributed by atoms with Gasteiger partial charge in [0, 0.05) is 22.5 Å². The first kappa shape index (κ1) is 10.8. The molecule has 3 nitrogen and oxygen atoms in total. The molecule has 2 rings (SSSR count). The molecule has 0 unspecified atom stereocenters. The fourth-order valence-corrected chi connectivity index (χ4v) is 1.69. The molecule has 1 aromatic heterocycles. The third-order valence-electron chi connectivity index (χ3n) is 2.26. The van der Waals surface area contributed by atoms with E-state index in [1.165, 1.54) is 0 Å². The van der Waals surface area contributed by atoms with Gasteiger partial charge >= 0.3 is 0 Å². The van der Waals surface area contributed by atoms with Crippen molar-refractivity contribution in [3.05, 3.63) is 41.6 Å². The molecule has 0 aliphatic rings. The standard InChI is InChI=1S/C12H11ClN2O/c1-16-11-3-2-6-15-12(11)9-5-4-8(13)7-10(9)14/h2-7H,14H2,1H3. The summed E-state index contributed by atoms with van der Waals surface area (Å²) in [6.07, 6.45) is 1.70. The van der Waals surface area contributed by atoms with Gasteiger partial charge in [0.15, 0.2) is 0 Å². The molecular weight excluding hydrogens is 224 g/mol. The van der Waals surface area contributed by atoms with Gasteiger partial charge in [-0.2, -0.15) is 0 Å². The quantitative estimate of drug-likeness (QED) is 0.813. The number of pyridine rings is 1. The second kappa shape index (κ2) is 4.41. The maximum Gasteiger partial charge on any atom is 0.145 e. The summed E-state index contributed by atoms with van der Waals surface area (Å²) in [6, 6.07) is 8.97. The highest BCUT2D eigenvalue weighted by molar-refractivity contribution is 6.31. The van der Waals surface area contributed by atoms with Crippen molar-refractivity contribution in [1.29, 1.82) is 0 Å². The Labute approximate surface area is 98.8 Å². The largest absolute Gasteiger partial charge is 0.494 e. The van der Waals surface area contributed by atoms with E-state index >= 15 is 0 Å². The fourth-order valence-electron chi connectivity index (χ4n) is 1.51. The molecule has 0 aliphatic heterocycles. The molecule has 0 saturated heterocycles. The lowest BCUT2D eigenvalue weighted by atomic mass is 10.1. The molecule has 0 amide bonds. The van der Waals surface area contributed by atoms with E-state index in [0.29, 0.717) is 16.5 Å². The number of aromatic nitrogens is 1. The van der Waals surface area contributed by atoms with E-state index in [2.05, 4.69) is 4.98 Å². The lowest BCUT2D eigenvalue weighted by molar-refractivity contribution is 0.415. The Morgan fingerprint density at radius 3 is 2.81 bits per heavy atom. The first-order chi connectivity index (χ1) is 7.72. The average Bonchev–Trinajstić information content (AvgIpc) is 2.29. The second-order valence-corrected chi connectivity index (χ2v) is 3.72. The molecule has 82 valence electrons. The Bertz CT molecular complexity index is 514. The highest BCUT2D eigenvalue weighted by Gasteiger charge is 2.09. The van der Waals surface area contributed by atoms with Crippen molar-refractivity contribution in [1.82, 2.24) is 4.98 Å². The van der Waals surface area contributed by atoms with E-state index in [-0.39, 0.29) is 0 Å². The van der Waals surface area contributed by atoms with E-state index in [9.17, 15) is 0 Å². The van der Waals surface area contributed by atoms with Crippen molar-refractivity contribution < 1.29 is 4.74 Å². The van der Waals surface area contributed by atoms with Gasteiger partial charge in [-0.15, -0.1) is 0 Å². The number of nitrogens with two attached hydrogens (primary N) is 1. The molecule has 0 aliphatic carbocycles. The lowest BCUT2D eigenvalue weighted by Gasteiger charge is -2.09. The van der Waals surface area contributed by atoms with Crippen molar-refractivity contribution in [2.75, 3.05) is 12.8 Å². The van der Waals surface area contributed by atoms with Crippen LogP contribution >= 0.6 is 11.6 Å². The molecule has 0 bridgehead atoms. The molecule has 0 fully saturated rings. The van der Waals surface area contributed by atoms with Gasteiger partial charge in [-0.05, 0) is 30.3 Å². The summed E-state index contributed by atoms with van der Waals surface area (Å²) in [5, 5.41) is 0.608. The van der Waals surface area contributed by atoms with Gasteiger partial charge in [0.25, 0.3) is 0 Å². The van der Waals surface area contributed by atoms with Gasteiger partial charge < -0.3 is 10.5 Å². The van der Waals surface area contributed by atoms with Crippen molar-refractivity contribution >= 4 is 17.3 Å². The summed E-state index contributed by atoms with van der Waals surface area (Å²) >= 11 is 5.85. The van der Waals surface area contributed by atoms with Crippen molar-refractivity contribution in [2.45, 2.75) is 0 Å². The minimum Gasteiger partial charge on any atom is -0.494 e. The zero-order valence-electron chi connectivity index (χ0n) is 8.77. The van der Waals surface area contributed by atoms with Crippen LogP contribution in [0.3, 0.4) is 0 Å². The number of nitrogens with zero attached hydrogens (tertiary/aromatic N) is 1. The van der Waals surface area contributed by atoms with Gasteiger partial charge in [-0.1, -0.05) is 11.6 Å². The second-order valence-electron chi connectivity index (χ2n) is 3.29. The molecular formula is C12H11ClN2O. The maximum absolute atomic E-state index is 5.90. The SMILES string of the molecule is COc1cccnc1-c1ccc(Cl)cc1N. The summed E-state index contributed by atoms with van der Waals surface area (Å²) in [5.74, 6) is 0.691. The van der Waals surface area contributed by atoms with Crippen LogP contribution in [0.1, 0.15) is 0 Å². The van der Waals surface area contributed by atoms with Crippen LogP contribution in [0, 0.1) is 0 Å². The third kappa shape index (κ3) is 1.95. The molecule has 1 heterocycles. The number of hydrogen-bond donors (Lipinski definition) is 1. The van der Waals surface area contributed by atoms with E-state index in [0.717, 1.165) is 11.3 Å². The Balaban J connectivity index is 2.58. The Morgan fingerprint density at radius 2 is 2.12 bits per heavy atom. The van der Waals surface area contributed by atoms with Gasteiger partial charge in [0.2, 0.25) is 0 Å². The van der Waals surface area contributed by atoms with Crippen LogP contribution in [0.2, 0.25) is 5.02 Å². The van der Waals surface area contributed by atoms with Crippen LogP contribution in [0.15, 0.2) is 36.5 Å². The summed E-state index contributed by atoms with van der Waals surface area (Å²) in [5.41, 5.74) is 8.03. The van der Waals surface area contributed by atoms with E-state index in [4.69, 9.17) is 22.1 Å². The minimum absolute atomic E-state index is 0.588. The number of nitrogen functional groups attached to an aromatic ring is 1. The average molecular weight is 235 g/mol. The van der Waals surface area contributed by atoms with E-state index < -0.39 is 0 Å². The first-order valence-corrected chi connectivity index (χ1v) is 5.14. The number of anilines is 1. The number of methoxy groups -OCH3 is 1. The molecule has 0 spiro atoms. The molecule has 0 atom stereocenters. The van der Waals surface area contributed by atoms with Gasteiger partial charge in [0.05, 0.1) is 7.11 Å². The monoisotopic (exact) mass is 234 g/mol. The topological polar surface area (TPSA) is 48.1 Å². The highest BCUT2D eigenvalue weighted by Crippen LogP contribution is 2.32. The Kier molecular flexibility index (Phi) is 2.97. The lowest BCUT2D eigenvalue weighted by Crippen LogP contribution is -1.95. The molecule has 16 heavy (non-hydrogen) atoms. The number of rotatable bonds is 2. The molecule has 0 saturated carbocycles. The maximum atomic E-state index is 5.90. The van der Waals surface area contributed by atoms with Crippen molar-refractivity contribution in [3.8, 4) is 17.0 Å². The summed E-state index contributed by atoms with van der Waals surface area (Å²) < 4.78 is 5.23. The summed E-state index contributed by atoms with van der Waals surface area (Å²) in [6.45, 7) is 0. The Morgan fingerprint density at radius 1 is 1.31 bits per heavy atom. The minimum atomic E-state index is 0.588. The zero-order valence-corrected chi connectivity index (χ0v) is 9.53. The number of benzene rings is 1. The highest BCUT2D eigenvalue weighted by atomic mass is 35.5. The normalized spacial score (nSPS) is 10.1. The summed E-state index contributed by atoms with van der Waals surface area (Å²) in [7, 11) is 1.60. The molecule has 2 N–H and O–H groups in total. The van der Waals surface area contributed by atoms with E-state index in [1.807, 2.05) is 18.2 Å². The summed E-state index contributed by atoms with van der Waals surface area (Å²) in [4.78, 5) is 4.26. The van der Waals surface area contributed by atoms with Crippen LogP contribution in [0.5, 0.6) is 5.75 Å². The molecule has 4 heteroatoms. The van der Waals surface area contributed by atoms with Crippen LogP contribution in [-0.4, -0.2) is 12.1 Å². The van der Waals surface area contributed by atoms with Gasteiger partial charge in [0.1, 0.15) is 11.4 Å². The van der Waals surface area contributed by atoms with Crippen LogP contribution in [-0.2, 0) is 0 Å². The molecule has 2 aromatic rings. The zero-order chi connectivity index (χ0) is 11.5. The fraction of sp³-hybridized carbons (Fsp3) is 0.0833. The van der Waals surface area contributed by atoms with Crippen molar-refractivity contribution in [2.24, 2.45) is 0 Å². The third-order valence-corrected chi connectivity index (χ3v) is 2.49. The number of ether oxygens (including phenoxy) is 1. The predicted octanol–water partition coefficient (Wildman–Crippen LogP) is 2.99. The van der Waals surface area contributed by atoms with Crippen molar-refractivity contribution in [3.63, 3.8) is 0 Å². The van der Waals surface area contributed by atoms with Crippen LogP contribution in [0.4, 0.5) is 5.69 Å². The number of hydrogen-bond acceptors (Lipinski definition) is 3. The molecule has 1 aromatic carbocycles. The first-order valence-electron chi connectivity index (χ1n) is 4.77. The van der Waals surface area contributed by atoms with Gasteiger partial charge in [-0.3, -0.25) is 4.98 Å². The van der Waals surface area contributed by atoms with Crippen LogP contribution < -0.4 is 10.5 Å². The van der Waals surface area contributed by atoms with E-state index in [1.54, 1.807) is 25.4 Å². The smallest absolute Gasteiger partial charge is 0.145 e.